The molecule has 1 aromatic carbocycles. The van der Waals surface area contributed by atoms with Crippen molar-refractivity contribution in [3.63, 3.8) is 0 Å². The number of aromatic nitrogens is 1. The molecule has 0 radical (unpaired) electrons. The Balaban J connectivity index is 2.12. The highest BCUT2D eigenvalue weighted by molar-refractivity contribution is 7.98. The molecule has 20 heavy (non-hydrogen) atoms. The molecule has 1 aromatic heterocycles. The number of aliphatic hydroxyl groups excluding tert-OH is 1. The maximum Gasteiger partial charge on any atom is 0.134 e. The lowest BCUT2D eigenvalue weighted by atomic mass is 10.1. The SMILES string of the molecule is COc1ccc(CSc2ccccn2)cc1C#CCO. The summed E-state index contributed by atoms with van der Waals surface area (Å²) in [6, 6.07) is 11.8. The van der Waals surface area contributed by atoms with E-state index in [1.165, 1.54) is 0 Å². The zero-order chi connectivity index (χ0) is 14.2. The fraction of sp³-hybridized carbons (Fsp3) is 0.188. The van der Waals surface area contributed by atoms with Crippen molar-refractivity contribution in [1.29, 1.82) is 0 Å². The second kappa shape index (κ2) is 7.59. The van der Waals surface area contributed by atoms with Crippen LogP contribution in [-0.2, 0) is 5.75 Å². The van der Waals surface area contributed by atoms with E-state index in [2.05, 4.69) is 16.8 Å². The molecule has 0 amide bonds. The van der Waals surface area contributed by atoms with Crippen LogP contribution in [0, 0.1) is 11.8 Å². The number of thioether (sulfide) groups is 1. The Morgan fingerprint density at radius 3 is 2.90 bits per heavy atom. The monoisotopic (exact) mass is 285 g/mol. The molecule has 1 heterocycles. The molecule has 0 saturated carbocycles. The van der Waals surface area contributed by atoms with Gasteiger partial charge in [0.15, 0.2) is 0 Å². The van der Waals surface area contributed by atoms with E-state index < -0.39 is 0 Å². The maximum atomic E-state index is 8.79. The average Bonchev–Trinajstić information content (AvgIpc) is 2.52. The lowest BCUT2D eigenvalue weighted by Gasteiger charge is -2.06. The summed E-state index contributed by atoms with van der Waals surface area (Å²) in [4.78, 5) is 4.28. The van der Waals surface area contributed by atoms with Gasteiger partial charge in [0.2, 0.25) is 0 Å². The predicted octanol–water partition coefficient (Wildman–Crippen LogP) is 2.73. The molecular weight excluding hydrogens is 270 g/mol. The second-order valence-corrected chi connectivity index (χ2v) is 4.95. The molecule has 0 saturated heterocycles. The summed E-state index contributed by atoms with van der Waals surface area (Å²) in [5, 5.41) is 9.78. The molecule has 3 nitrogen and oxygen atoms in total. The lowest BCUT2D eigenvalue weighted by Crippen LogP contribution is -1.91. The Morgan fingerprint density at radius 1 is 1.30 bits per heavy atom. The topological polar surface area (TPSA) is 42.4 Å². The summed E-state index contributed by atoms with van der Waals surface area (Å²) >= 11 is 1.67. The van der Waals surface area contributed by atoms with Crippen molar-refractivity contribution in [2.45, 2.75) is 10.8 Å². The highest BCUT2D eigenvalue weighted by Gasteiger charge is 2.03. The first-order chi connectivity index (χ1) is 9.83. The highest BCUT2D eigenvalue weighted by atomic mass is 32.2. The van der Waals surface area contributed by atoms with Gasteiger partial charge in [-0.3, -0.25) is 0 Å². The normalized spacial score (nSPS) is 9.70. The van der Waals surface area contributed by atoms with Crippen molar-refractivity contribution in [1.82, 2.24) is 4.98 Å². The van der Waals surface area contributed by atoms with Crippen molar-refractivity contribution in [2.75, 3.05) is 13.7 Å². The number of aliphatic hydroxyl groups is 1. The standard InChI is InChI=1S/C16H15NO2S/c1-19-15-8-7-13(11-14(15)5-4-10-18)12-20-16-6-2-3-9-17-16/h2-3,6-9,11,18H,10,12H2,1H3. The van der Waals surface area contributed by atoms with Gasteiger partial charge in [-0.25, -0.2) is 4.98 Å². The van der Waals surface area contributed by atoms with Crippen molar-refractivity contribution < 1.29 is 9.84 Å². The molecule has 0 spiro atoms. The molecule has 0 bridgehead atoms. The third kappa shape index (κ3) is 4.02. The van der Waals surface area contributed by atoms with E-state index in [0.717, 1.165) is 27.7 Å². The van der Waals surface area contributed by atoms with E-state index >= 15 is 0 Å². The van der Waals surface area contributed by atoms with Crippen LogP contribution in [0.2, 0.25) is 0 Å². The minimum atomic E-state index is -0.157. The molecule has 0 aliphatic heterocycles. The first kappa shape index (κ1) is 14.4. The number of ether oxygens (including phenoxy) is 1. The van der Waals surface area contributed by atoms with Crippen molar-refractivity contribution in [2.24, 2.45) is 0 Å². The molecule has 2 rings (SSSR count). The van der Waals surface area contributed by atoms with Gasteiger partial charge in [0.1, 0.15) is 12.4 Å². The quantitative estimate of drug-likeness (QED) is 0.693. The fourth-order valence-electron chi connectivity index (χ4n) is 1.67. The maximum absolute atomic E-state index is 8.79. The van der Waals surface area contributed by atoms with E-state index in [1.54, 1.807) is 25.1 Å². The van der Waals surface area contributed by atoms with Gasteiger partial charge >= 0.3 is 0 Å². The molecule has 2 aromatic rings. The average molecular weight is 285 g/mol. The van der Waals surface area contributed by atoms with Crippen molar-refractivity contribution >= 4 is 11.8 Å². The Bertz CT molecular complexity index is 617. The largest absolute Gasteiger partial charge is 0.495 e. The Labute approximate surface area is 123 Å². The van der Waals surface area contributed by atoms with E-state index in [1.807, 2.05) is 36.4 Å². The molecule has 0 aliphatic rings. The first-order valence-electron chi connectivity index (χ1n) is 6.14. The number of hydrogen-bond donors (Lipinski definition) is 1. The lowest BCUT2D eigenvalue weighted by molar-refractivity contribution is 0.350. The van der Waals surface area contributed by atoms with Crippen LogP contribution in [-0.4, -0.2) is 23.8 Å². The minimum absolute atomic E-state index is 0.157. The van der Waals surface area contributed by atoms with Gasteiger partial charge in [-0.1, -0.05) is 24.0 Å². The first-order valence-corrected chi connectivity index (χ1v) is 7.12. The van der Waals surface area contributed by atoms with Crippen LogP contribution in [0.1, 0.15) is 11.1 Å². The fourth-order valence-corrected chi connectivity index (χ4v) is 2.47. The second-order valence-electron chi connectivity index (χ2n) is 3.95. The predicted molar refractivity (Wildman–Crippen MR) is 80.8 cm³/mol. The Morgan fingerprint density at radius 2 is 2.20 bits per heavy atom. The van der Waals surface area contributed by atoms with Crippen LogP contribution >= 0.6 is 11.8 Å². The van der Waals surface area contributed by atoms with E-state index in [9.17, 15) is 0 Å². The molecule has 102 valence electrons. The van der Waals surface area contributed by atoms with E-state index in [-0.39, 0.29) is 6.61 Å². The molecule has 0 aliphatic carbocycles. The van der Waals surface area contributed by atoms with E-state index in [0.29, 0.717) is 0 Å². The molecule has 0 unspecified atom stereocenters. The number of methoxy groups -OCH3 is 1. The number of pyridine rings is 1. The summed E-state index contributed by atoms with van der Waals surface area (Å²) in [7, 11) is 1.61. The molecule has 0 atom stereocenters. The van der Waals surface area contributed by atoms with Crippen LogP contribution in [0.15, 0.2) is 47.6 Å². The summed E-state index contributed by atoms with van der Waals surface area (Å²) in [6.07, 6.45) is 1.79. The van der Waals surface area contributed by atoms with Gasteiger partial charge in [0.05, 0.1) is 17.7 Å². The third-order valence-corrected chi connectivity index (χ3v) is 3.61. The smallest absolute Gasteiger partial charge is 0.134 e. The number of rotatable bonds is 4. The van der Waals surface area contributed by atoms with Crippen LogP contribution in [0.4, 0.5) is 0 Å². The molecule has 4 heteroatoms. The van der Waals surface area contributed by atoms with Gasteiger partial charge in [-0.2, -0.15) is 0 Å². The summed E-state index contributed by atoms with van der Waals surface area (Å²) < 4.78 is 5.26. The molecule has 1 N–H and O–H groups in total. The van der Waals surface area contributed by atoms with Crippen LogP contribution in [0.3, 0.4) is 0 Å². The van der Waals surface area contributed by atoms with Crippen molar-refractivity contribution in [3.05, 3.63) is 53.7 Å². The van der Waals surface area contributed by atoms with Crippen molar-refractivity contribution in [3.8, 4) is 17.6 Å². The van der Waals surface area contributed by atoms with E-state index in [4.69, 9.17) is 9.84 Å². The van der Waals surface area contributed by atoms with Gasteiger partial charge < -0.3 is 9.84 Å². The number of nitrogens with zero attached hydrogens (tertiary/aromatic N) is 1. The Kier molecular flexibility index (Phi) is 5.48. The zero-order valence-electron chi connectivity index (χ0n) is 11.2. The van der Waals surface area contributed by atoms with Gasteiger partial charge in [0, 0.05) is 11.9 Å². The van der Waals surface area contributed by atoms with Crippen LogP contribution in [0.5, 0.6) is 5.75 Å². The van der Waals surface area contributed by atoms with Gasteiger partial charge in [-0.15, -0.1) is 11.8 Å². The van der Waals surface area contributed by atoms with Gasteiger partial charge in [0.25, 0.3) is 0 Å². The zero-order valence-corrected chi connectivity index (χ0v) is 12.0. The molecule has 0 fully saturated rings. The highest BCUT2D eigenvalue weighted by Crippen LogP contribution is 2.24. The number of benzene rings is 1. The summed E-state index contributed by atoms with van der Waals surface area (Å²) in [5.41, 5.74) is 1.93. The van der Waals surface area contributed by atoms with Gasteiger partial charge in [-0.05, 0) is 29.8 Å². The van der Waals surface area contributed by atoms with Crippen LogP contribution < -0.4 is 4.74 Å². The van der Waals surface area contributed by atoms with Crippen LogP contribution in [0.25, 0.3) is 0 Å². The summed E-state index contributed by atoms with van der Waals surface area (Å²) in [5.74, 6) is 7.08. The summed E-state index contributed by atoms with van der Waals surface area (Å²) in [6.45, 7) is -0.157. The Hall–Kier alpha value is -1.96. The third-order valence-electron chi connectivity index (χ3n) is 2.59. The number of hydrogen-bond acceptors (Lipinski definition) is 4. The molecular formula is C16H15NO2S. The minimum Gasteiger partial charge on any atom is -0.495 e.